The summed E-state index contributed by atoms with van der Waals surface area (Å²) >= 11 is 1.68. The Balaban J connectivity index is 1.53. The van der Waals surface area contributed by atoms with E-state index in [1.165, 1.54) is 12.4 Å². The lowest BCUT2D eigenvalue weighted by atomic mass is 10.2. The predicted octanol–water partition coefficient (Wildman–Crippen LogP) is 1.33. The van der Waals surface area contributed by atoms with E-state index in [0.29, 0.717) is 5.69 Å². The maximum Gasteiger partial charge on any atom is 0.271 e. The van der Waals surface area contributed by atoms with Crippen LogP contribution >= 0.6 is 11.8 Å². The summed E-state index contributed by atoms with van der Waals surface area (Å²) in [5.74, 6) is 1.39. The number of para-hydroxylation sites is 1. The predicted molar refractivity (Wildman–Crippen MR) is 82.9 cm³/mol. The van der Waals surface area contributed by atoms with Crippen molar-refractivity contribution in [1.29, 1.82) is 0 Å². The molecule has 0 saturated heterocycles. The third kappa shape index (κ3) is 3.48. The fourth-order valence-electron chi connectivity index (χ4n) is 2.13. The number of fused-ring (bicyclic) bond motifs is 1. The van der Waals surface area contributed by atoms with E-state index in [-0.39, 0.29) is 30.5 Å². The van der Waals surface area contributed by atoms with Gasteiger partial charge in [-0.2, -0.15) is 0 Å². The number of ether oxygens (including phenoxy) is 1. The van der Waals surface area contributed by atoms with Crippen molar-refractivity contribution in [3.8, 4) is 5.75 Å². The van der Waals surface area contributed by atoms with Crippen LogP contribution in [0.4, 0.5) is 0 Å². The summed E-state index contributed by atoms with van der Waals surface area (Å²) in [6.45, 7) is 0.117. The second-order valence-corrected chi connectivity index (χ2v) is 5.91. The molecule has 0 spiro atoms. The van der Waals surface area contributed by atoms with Gasteiger partial charge in [-0.1, -0.05) is 12.1 Å². The van der Waals surface area contributed by atoms with Gasteiger partial charge in [0.1, 0.15) is 17.5 Å². The van der Waals surface area contributed by atoms with Crippen LogP contribution in [0.25, 0.3) is 0 Å². The summed E-state index contributed by atoms with van der Waals surface area (Å²) in [5.41, 5.74) is 0.00123. The van der Waals surface area contributed by atoms with Gasteiger partial charge in [-0.05, 0) is 12.1 Å². The number of H-pyrrole nitrogens is 1. The molecule has 22 heavy (non-hydrogen) atoms. The molecule has 1 aliphatic rings. The van der Waals surface area contributed by atoms with Gasteiger partial charge in [0.2, 0.25) is 5.91 Å². The number of carbonyl (C=O) groups is 1. The highest BCUT2D eigenvalue weighted by Gasteiger charge is 2.22. The van der Waals surface area contributed by atoms with Crippen molar-refractivity contribution in [3.05, 3.63) is 52.7 Å². The lowest BCUT2D eigenvalue weighted by molar-refractivity contribution is -0.122. The monoisotopic (exact) mass is 317 g/mol. The maximum absolute atomic E-state index is 12.0. The molecule has 1 atom stereocenters. The fraction of sp³-hybridized carbons (Fsp3) is 0.267. The standard InChI is InChI=1S/C15H15N3O3S/c19-14(18-8-11-15(20)17-6-5-16-11)7-10-9-22-13-4-2-1-3-12(13)21-10/h1-6,10H,7-9H2,(H,17,20)(H,18,19). The van der Waals surface area contributed by atoms with Gasteiger partial charge in [0.15, 0.2) is 0 Å². The van der Waals surface area contributed by atoms with Crippen LogP contribution < -0.4 is 15.6 Å². The lowest BCUT2D eigenvalue weighted by Gasteiger charge is -2.25. The number of amides is 1. The summed E-state index contributed by atoms with van der Waals surface area (Å²) in [5, 5.41) is 2.70. The van der Waals surface area contributed by atoms with Crippen molar-refractivity contribution in [2.75, 3.05) is 5.75 Å². The zero-order valence-corrected chi connectivity index (χ0v) is 12.6. The Hall–Kier alpha value is -2.28. The van der Waals surface area contributed by atoms with Crippen LogP contribution in [0.15, 0.2) is 46.3 Å². The van der Waals surface area contributed by atoms with Crippen molar-refractivity contribution < 1.29 is 9.53 Å². The molecule has 0 aliphatic carbocycles. The van der Waals surface area contributed by atoms with Crippen LogP contribution in [-0.2, 0) is 11.3 Å². The SMILES string of the molecule is O=C(CC1CSc2ccccc2O1)NCc1ncc[nH]c1=O. The molecular formula is C15H15N3O3S. The molecule has 1 aliphatic heterocycles. The third-order valence-corrected chi connectivity index (χ3v) is 4.40. The Labute approximate surface area is 131 Å². The number of aromatic nitrogens is 2. The molecule has 3 rings (SSSR count). The van der Waals surface area contributed by atoms with E-state index in [1.54, 1.807) is 11.8 Å². The third-order valence-electron chi connectivity index (χ3n) is 3.22. The Kier molecular flexibility index (Phi) is 4.43. The highest BCUT2D eigenvalue weighted by Crippen LogP contribution is 2.35. The van der Waals surface area contributed by atoms with Gasteiger partial charge < -0.3 is 15.0 Å². The zero-order valence-electron chi connectivity index (χ0n) is 11.7. The van der Waals surface area contributed by atoms with Crippen molar-refractivity contribution in [1.82, 2.24) is 15.3 Å². The van der Waals surface area contributed by atoms with E-state index in [2.05, 4.69) is 15.3 Å². The molecule has 0 saturated carbocycles. The number of hydrogen-bond donors (Lipinski definition) is 2. The average molecular weight is 317 g/mol. The van der Waals surface area contributed by atoms with Crippen LogP contribution in [-0.4, -0.2) is 27.7 Å². The molecular weight excluding hydrogens is 302 g/mol. The first kappa shape index (κ1) is 14.6. The van der Waals surface area contributed by atoms with Crippen LogP contribution in [0.5, 0.6) is 5.75 Å². The molecule has 2 aromatic rings. The van der Waals surface area contributed by atoms with Crippen LogP contribution in [0.3, 0.4) is 0 Å². The van der Waals surface area contributed by atoms with Gasteiger partial charge in [0.05, 0.1) is 13.0 Å². The van der Waals surface area contributed by atoms with E-state index in [4.69, 9.17) is 4.74 Å². The topological polar surface area (TPSA) is 84.1 Å². The van der Waals surface area contributed by atoms with Gasteiger partial charge in [-0.25, -0.2) is 0 Å². The number of thioether (sulfide) groups is 1. The number of benzene rings is 1. The fourth-order valence-corrected chi connectivity index (χ4v) is 3.12. The number of nitrogens with zero attached hydrogens (tertiary/aromatic N) is 1. The summed E-state index contributed by atoms with van der Waals surface area (Å²) in [6, 6.07) is 7.78. The Morgan fingerprint density at radius 3 is 3.18 bits per heavy atom. The molecule has 0 fully saturated rings. The quantitative estimate of drug-likeness (QED) is 0.889. The minimum absolute atomic E-state index is 0.117. The molecule has 2 N–H and O–H groups in total. The van der Waals surface area contributed by atoms with E-state index < -0.39 is 0 Å². The van der Waals surface area contributed by atoms with Crippen molar-refractivity contribution in [2.24, 2.45) is 0 Å². The summed E-state index contributed by atoms with van der Waals surface area (Å²) in [7, 11) is 0. The maximum atomic E-state index is 12.0. The molecule has 7 heteroatoms. The second-order valence-electron chi connectivity index (χ2n) is 4.84. The number of carbonyl (C=O) groups excluding carboxylic acids is 1. The van der Waals surface area contributed by atoms with Crippen molar-refractivity contribution in [3.63, 3.8) is 0 Å². The van der Waals surface area contributed by atoms with Gasteiger partial charge in [0.25, 0.3) is 5.56 Å². The minimum atomic E-state index is -0.291. The first-order chi connectivity index (χ1) is 10.7. The summed E-state index contributed by atoms with van der Waals surface area (Å²) in [6.07, 6.45) is 3.03. The molecule has 2 heterocycles. The molecule has 1 amide bonds. The number of rotatable bonds is 4. The largest absolute Gasteiger partial charge is 0.488 e. The van der Waals surface area contributed by atoms with Crippen molar-refractivity contribution in [2.45, 2.75) is 24.0 Å². The second kappa shape index (κ2) is 6.65. The minimum Gasteiger partial charge on any atom is -0.488 e. The molecule has 114 valence electrons. The first-order valence-corrected chi connectivity index (χ1v) is 7.88. The van der Waals surface area contributed by atoms with Crippen LogP contribution in [0, 0.1) is 0 Å². The number of nitrogens with one attached hydrogen (secondary N) is 2. The van der Waals surface area contributed by atoms with E-state index >= 15 is 0 Å². The highest BCUT2D eigenvalue weighted by molar-refractivity contribution is 7.99. The average Bonchev–Trinajstić information content (AvgIpc) is 2.54. The van der Waals surface area contributed by atoms with Crippen molar-refractivity contribution >= 4 is 17.7 Å². The lowest BCUT2D eigenvalue weighted by Crippen LogP contribution is -2.33. The Morgan fingerprint density at radius 1 is 1.45 bits per heavy atom. The normalized spacial score (nSPS) is 16.5. The van der Waals surface area contributed by atoms with E-state index in [0.717, 1.165) is 16.4 Å². The highest BCUT2D eigenvalue weighted by atomic mass is 32.2. The Morgan fingerprint density at radius 2 is 2.32 bits per heavy atom. The van der Waals surface area contributed by atoms with Gasteiger partial charge in [-0.3, -0.25) is 14.6 Å². The van der Waals surface area contributed by atoms with E-state index in [1.807, 2.05) is 24.3 Å². The molecule has 1 aromatic heterocycles. The smallest absolute Gasteiger partial charge is 0.271 e. The molecule has 1 aromatic carbocycles. The number of hydrogen-bond acceptors (Lipinski definition) is 5. The summed E-state index contributed by atoms with van der Waals surface area (Å²) < 4.78 is 5.81. The van der Waals surface area contributed by atoms with E-state index in [9.17, 15) is 9.59 Å². The first-order valence-electron chi connectivity index (χ1n) is 6.90. The zero-order chi connectivity index (χ0) is 15.4. The molecule has 1 unspecified atom stereocenters. The number of aromatic amines is 1. The molecule has 0 radical (unpaired) electrons. The summed E-state index contributed by atoms with van der Waals surface area (Å²) in [4.78, 5) is 31.0. The van der Waals surface area contributed by atoms with Crippen LogP contribution in [0.1, 0.15) is 12.1 Å². The van der Waals surface area contributed by atoms with Crippen LogP contribution in [0.2, 0.25) is 0 Å². The molecule has 6 nitrogen and oxygen atoms in total. The van der Waals surface area contributed by atoms with Gasteiger partial charge in [0, 0.05) is 23.0 Å². The molecule has 0 bridgehead atoms. The van der Waals surface area contributed by atoms with Gasteiger partial charge in [-0.15, -0.1) is 11.8 Å². The van der Waals surface area contributed by atoms with Gasteiger partial charge >= 0.3 is 0 Å². The Bertz CT molecular complexity index is 732.